The first kappa shape index (κ1) is 10.4. The molecule has 72 valence electrons. The Morgan fingerprint density at radius 2 is 2.15 bits per heavy atom. The van der Waals surface area contributed by atoms with Crippen molar-refractivity contribution in [3.63, 3.8) is 0 Å². The Bertz CT molecular complexity index is 260. The van der Waals surface area contributed by atoms with Crippen molar-refractivity contribution in [3.05, 3.63) is 29.8 Å². The van der Waals surface area contributed by atoms with Gasteiger partial charge in [0.1, 0.15) is 0 Å². The summed E-state index contributed by atoms with van der Waals surface area (Å²) in [5, 5.41) is 0. The van der Waals surface area contributed by atoms with E-state index in [1.165, 1.54) is 11.3 Å². The molecule has 0 saturated heterocycles. The normalized spacial score (nSPS) is 10.1. The van der Waals surface area contributed by atoms with E-state index in [9.17, 15) is 0 Å². The third kappa shape index (κ3) is 3.27. The van der Waals surface area contributed by atoms with Gasteiger partial charge in [-0.3, -0.25) is 0 Å². The monoisotopic (exact) mass is 197 g/mol. The van der Waals surface area contributed by atoms with Crippen LogP contribution in [0.3, 0.4) is 0 Å². The van der Waals surface area contributed by atoms with Crippen LogP contribution in [0, 0.1) is 6.92 Å². The average molecular weight is 198 g/mol. The highest BCUT2D eigenvalue weighted by atomic mass is 35.5. The molecule has 0 bridgehead atoms. The Kier molecular flexibility index (Phi) is 4.10. The van der Waals surface area contributed by atoms with Crippen LogP contribution in [-0.2, 0) is 0 Å². The third-order valence-electron chi connectivity index (χ3n) is 2.07. The molecule has 0 aliphatic rings. The van der Waals surface area contributed by atoms with Crippen LogP contribution in [0.25, 0.3) is 0 Å². The van der Waals surface area contributed by atoms with Crippen LogP contribution in [0.15, 0.2) is 24.3 Å². The highest BCUT2D eigenvalue weighted by Gasteiger charge is 1.98. The van der Waals surface area contributed by atoms with Gasteiger partial charge in [0, 0.05) is 25.2 Å². The van der Waals surface area contributed by atoms with Gasteiger partial charge in [0.05, 0.1) is 0 Å². The fraction of sp³-hybridized carbons (Fsp3) is 0.455. The number of hydrogen-bond donors (Lipinski definition) is 0. The molecular formula is C11H16ClN. The summed E-state index contributed by atoms with van der Waals surface area (Å²) in [6.07, 6.45) is 1.03. The van der Waals surface area contributed by atoms with Crippen molar-refractivity contribution in [2.24, 2.45) is 0 Å². The Morgan fingerprint density at radius 1 is 1.38 bits per heavy atom. The Morgan fingerprint density at radius 3 is 2.77 bits per heavy atom. The van der Waals surface area contributed by atoms with Gasteiger partial charge in [0.2, 0.25) is 0 Å². The number of nitrogens with zero attached hydrogens (tertiary/aromatic N) is 1. The van der Waals surface area contributed by atoms with E-state index in [0.29, 0.717) is 0 Å². The number of aryl methyl sites for hydroxylation is 1. The maximum absolute atomic E-state index is 5.64. The van der Waals surface area contributed by atoms with Gasteiger partial charge < -0.3 is 4.90 Å². The number of rotatable bonds is 4. The van der Waals surface area contributed by atoms with Crippen molar-refractivity contribution < 1.29 is 0 Å². The van der Waals surface area contributed by atoms with Crippen molar-refractivity contribution in [2.45, 2.75) is 13.3 Å². The fourth-order valence-electron chi connectivity index (χ4n) is 1.29. The van der Waals surface area contributed by atoms with Crippen LogP contribution in [0.1, 0.15) is 12.0 Å². The standard InChI is InChI=1S/C11H16ClN/c1-10-5-3-6-11(9-10)13(2)8-4-7-12/h3,5-6,9H,4,7-8H2,1-2H3. The quantitative estimate of drug-likeness (QED) is 0.671. The molecule has 13 heavy (non-hydrogen) atoms. The number of hydrogen-bond acceptors (Lipinski definition) is 1. The minimum Gasteiger partial charge on any atom is -0.375 e. The van der Waals surface area contributed by atoms with Gasteiger partial charge in [-0.15, -0.1) is 11.6 Å². The molecule has 1 aromatic carbocycles. The largest absolute Gasteiger partial charge is 0.375 e. The molecule has 0 heterocycles. The number of halogens is 1. The summed E-state index contributed by atoms with van der Waals surface area (Å²) in [7, 11) is 2.10. The predicted octanol–water partition coefficient (Wildman–Crippen LogP) is 3.06. The zero-order chi connectivity index (χ0) is 9.68. The first-order chi connectivity index (χ1) is 6.24. The van der Waals surface area contributed by atoms with Crippen molar-refractivity contribution in [1.29, 1.82) is 0 Å². The summed E-state index contributed by atoms with van der Waals surface area (Å²) in [5.41, 5.74) is 2.57. The maximum Gasteiger partial charge on any atom is 0.0366 e. The highest BCUT2D eigenvalue weighted by Crippen LogP contribution is 2.14. The second-order valence-corrected chi connectivity index (χ2v) is 3.68. The summed E-state index contributed by atoms with van der Waals surface area (Å²) >= 11 is 5.64. The Balaban J connectivity index is 2.60. The van der Waals surface area contributed by atoms with Gasteiger partial charge in [-0.1, -0.05) is 12.1 Å². The van der Waals surface area contributed by atoms with Crippen LogP contribution in [0.5, 0.6) is 0 Å². The van der Waals surface area contributed by atoms with Gasteiger partial charge in [-0.05, 0) is 31.0 Å². The molecular weight excluding hydrogens is 182 g/mol. The van der Waals surface area contributed by atoms with Crippen molar-refractivity contribution in [1.82, 2.24) is 0 Å². The molecule has 2 heteroatoms. The van der Waals surface area contributed by atoms with E-state index in [-0.39, 0.29) is 0 Å². The number of anilines is 1. The van der Waals surface area contributed by atoms with Crippen LogP contribution in [0.2, 0.25) is 0 Å². The lowest BCUT2D eigenvalue weighted by atomic mass is 10.2. The smallest absolute Gasteiger partial charge is 0.0366 e. The third-order valence-corrected chi connectivity index (χ3v) is 2.34. The minimum absolute atomic E-state index is 0.732. The molecule has 1 aromatic rings. The second-order valence-electron chi connectivity index (χ2n) is 3.30. The minimum atomic E-state index is 0.732. The highest BCUT2D eigenvalue weighted by molar-refractivity contribution is 6.17. The molecule has 1 rings (SSSR count). The lowest BCUT2D eigenvalue weighted by molar-refractivity contribution is 0.856. The van der Waals surface area contributed by atoms with Crippen LogP contribution >= 0.6 is 11.6 Å². The van der Waals surface area contributed by atoms with Gasteiger partial charge in [0.15, 0.2) is 0 Å². The lowest BCUT2D eigenvalue weighted by Crippen LogP contribution is -2.18. The van der Waals surface area contributed by atoms with Gasteiger partial charge in [0.25, 0.3) is 0 Å². The summed E-state index contributed by atoms with van der Waals surface area (Å²) < 4.78 is 0. The maximum atomic E-state index is 5.64. The molecule has 0 atom stereocenters. The van der Waals surface area contributed by atoms with E-state index in [1.807, 2.05) is 0 Å². The molecule has 0 aliphatic heterocycles. The van der Waals surface area contributed by atoms with E-state index in [1.54, 1.807) is 0 Å². The van der Waals surface area contributed by atoms with Crippen LogP contribution in [0.4, 0.5) is 5.69 Å². The molecule has 0 N–H and O–H groups in total. The SMILES string of the molecule is Cc1cccc(N(C)CCCCl)c1. The van der Waals surface area contributed by atoms with E-state index < -0.39 is 0 Å². The molecule has 0 unspecified atom stereocenters. The molecule has 1 nitrogen and oxygen atoms in total. The molecule has 0 spiro atoms. The zero-order valence-corrected chi connectivity index (χ0v) is 9.01. The van der Waals surface area contributed by atoms with Crippen LogP contribution in [-0.4, -0.2) is 19.5 Å². The van der Waals surface area contributed by atoms with E-state index >= 15 is 0 Å². The zero-order valence-electron chi connectivity index (χ0n) is 8.26. The van der Waals surface area contributed by atoms with E-state index in [0.717, 1.165) is 18.8 Å². The van der Waals surface area contributed by atoms with Gasteiger partial charge >= 0.3 is 0 Å². The molecule has 0 amide bonds. The number of alkyl halides is 1. The molecule has 0 fully saturated rings. The topological polar surface area (TPSA) is 3.24 Å². The first-order valence-corrected chi connectivity index (χ1v) is 5.11. The molecule has 0 aliphatic carbocycles. The predicted molar refractivity (Wildman–Crippen MR) is 59.8 cm³/mol. The molecule has 0 saturated carbocycles. The summed E-state index contributed by atoms with van der Waals surface area (Å²) in [6, 6.07) is 8.51. The summed E-state index contributed by atoms with van der Waals surface area (Å²) in [5.74, 6) is 0.732. The van der Waals surface area contributed by atoms with Crippen molar-refractivity contribution in [3.8, 4) is 0 Å². The summed E-state index contributed by atoms with van der Waals surface area (Å²) in [6.45, 7) is 3.13. The van der Waals surface area contributed by atoms with Gasteiger partial charge in [-0.2, -0.15) is 0 Å². The van der Waals surface area contributed by atoms with Crippen molar-refractivity contribution >= 4 is 17.3 Å². The number of benzene rings is 1. The first-order valence-electron chi connectivity index (χ1n) is 4.58. The summed E-state index contributed by atoms with van der Waals surface area (Å²) in [4.78, 5) is 2.23. The van der Waals surface area contributed by atoms with E-state index in [4.69, 9.17) is 11.6 Å². The Hall–Kier alpha value is -0.690. The van der Waals surface area contributed by atoms with Gasteiger partial charge in [-0.25, -0.2) is 0 Å². The molecule has 0 aromatic heterocycles. The van der Waals surface area contributed by atoms with E-state index in [2.05, 4.69) is 43.1 Å². The average Bonchev–Trinajstić information content (AvgIpc) is 2.14. The second kappa shape index (κ2) is 5.13. The van der Waals surface area contributed by atoms with Crippen LogP contribution < -0.4 is 4.90 Å². The molecule has 0 radical (unpaired) electrons. The van der Waals surface area contributed by atoms with Crippen molar-refractivity contribution in [2.75, 3.05) is 24.4 Å². The Labute approximate surface area is 85.3 Å². The fourth-order valence-corrected chi connectivity index (χ4v) is 1.41. The lowest BCUT2D eigenvalue weighted by Gasteiger charge is -2.18.